The third kappa shape index (κ3) is 4.20. The first kappa shape index (κ1) is 23.2. The molecule has 2 fully saturated rings. The number of halogens is 1. The number of amides is 3. The molecule has 3 amide bonds. The summed E-state index contributed by atoms with van der Waals surface area (Å²) in [6, 6.07) is 6.07. The van der Waals surface area contributed by atoms with Gasteiger partial charge in [-0.05, 0) is 68.0 Å². The van der Waals surface area contributed by atoms with E-state index in [1.807, 2.05) is 6.07 Å². The Bertz CT molecular complexity index is 1240. The zero-order chi connectivity index (χ0) is 24.9. The van der Waals surface area contributed by atoms with Gasteiger partial charge in [0.05, 0.1) is 11.3 Å². The van der Waals surface area contributed by atoms with Crippen molar-refractivity contribution >= 4 is 41.0 Å². The average molecular weight is 510 g/mol. The molecule has 36 heavy (non-hydrogen) atoms. The van der Waals surface area contributed by atoms with E-state index in [0.29, 0.717) is 47.1 Å². The Morgan fingerprint density at radius 3 is 2.92 bits per heavy atom. The number of rotatable bonds is 5. The van der Waals surface area contributed by atoms with Crippen molar-refractivity contribution in [1.29, 1.82) is 0 Å². The maximum atomic E-state index is 13.9. The van der Waals surface area contributed by atoms with Gasteiger partial charge >= 0.3 is 6.09 Å². The minimum absolute atomic E-state index is 0.334. The normalized spacial score (nSPS) is 23.4. The fourth-order valence-corrected chi connectivity index (χ4v) is 5.62. The van der Waals surface area contributed by atoms with Gasteiger partial charge in [0, 0.05) is 29.9 Å². The fourth-order valence-electron chi connectivity index (χ4n) is 5.44. The first-order valence-corrected chi connectivity index (χ1v) is 12.9. The summed E-state index contributed by atoms with van der Waals surface area (Å²) in [5.41, 5.74) is 1.67. The average Bonchev–Trinajstić information content (AvgIpc) is 3.57. The number of pyridine rings is 1. The molecule has 4 aliphatic rings. The predicted octanol–water partition coefficient (Wildman–Crippen LogP) is 3.36. The lowest BCUT2D eigenvalue weighted by molar-refractivity contribution is -0.121. The standard InChI is InChI=1S/C26H28ClN5O4/c27-18-4-5-21-19(12-18)26(7-1-8-28-14-26)36-25(35)32(21)24(34)20(10-15-2-3-15)31-23(33)17-11-16-6-9-29-22(16)30-13-17/h4-5,11-13,15,20,28H,1-3,6-10,14H2,(H,29,30)(H,31,33)/t20-,26-/m0/s1. The highest BCUT2D eigenvalue weighted by molar-refractivity contribution is 6.31. The van der Waals surface area contributed by atoms with Crippen molar-refractivity contribution in [3.05, 3.63) is 52.2 Å². The van der Waals surface area contributed by atoms with E-state index < -0.39 is 23.6 Å². The number of nitrogens with one attached hydrogen (secondary N) is 3. The molecular weight excluding hydrogens is 482 g/mol. The van der Waals surface area contributed by atoms with E-state index in [-0.39, 0.29) is 5.91 Å². The first-order valence-electron chi connectivity index (χ1n) is 12.5. The maximum absolute atomic E-state index is 13.9. The van der Waals surface area contributed by atoms with E-state index in [1.165, 1.54) is 6.20 Å². The van der Waals surface area contributed by atoms with Gasteiger partial charge in [-0.25, -0.2) is 14.7 Å². The topological polar surface area (TPSA) is 113 Å². The molecule has 4 heterocycles. The highest BCUT2D eigenvalue weighted by atomic mass is 35.5. The molecule has 1 aliphatic carbocycles. The summed E-state index contributed by atoms with van der Waals surface area (Å²) < 4.78 is 5.96. The van der Waals surface area contributed by atoms with E-state index in [9.17, 15) is 14.4 Å². The van der Waals surface area contributed by atoms with E-state index >= 15 is 0 Å². The summed E-state index contributed by atoms with van der Waals surface area (Å²) in [7, 11) is 0. The summed E-state index contributed by atoms with van der Waals surface area (Å²) in [6.45, 7) is 2.07. The zero-order valence-corrected chi connectivity index (χ0v) is 20.6. The molecule has 0 unspecified atom stereocenters. The number of anilines is 2. The summed E-state index contributed by atoms with van der Waals surface area (Å²) in [5.74, 6) is 0.236. The number of nitrogens with zero attached hydrogens (tertiary/aromatic N) is 2. The molecule has 10 heteroatoms. The van der Waals surface area contributed by atoms with Gasteiger partial charge in [-0.1, -0.05) is 24.4 Å². The van der Waals surface area contributed by atoms with E-state index in [4.69, 9.17) is 16.3 Å². The third-order valence-corrected chi connectivity index (χ3v) is 7.74. The quantitative estimate of drug-likeness (QED) is 0.566. The number of benzene rings is 1. The number of carbonyl (C=O) groups excluding carboxylic acids is 3. The number of aromatic nitrogens is 1. The summed E-state index contributed by atoms with van der Waals surface area (Å²) >= 11 is 6.33. The van der Waals surface area contributed by atoms with Crippen LogP contribution in [-0.2, 0) is 21.6 Å². The molecule has 2 aromatic rings. The lowest BCUT2D eigenvalue weighted by Gasteiger charge is -2.44. The molecule has 2 atom stereocenters. The van der Waals surface area contributed by atoms with E-state index in [2.05, 4.69) is 20.9 Å². The number of ether oxygens (including phenoxy) is 1. The number of hydrogen-bond acceptors (Lipinski definition) is 7. The van der Waals surface area contributed by atoms with Crippen LogP contribution in [0, 0.1) is 5.92 Å². The summed E-state index contributed by atoms with van der Waals surface area (Å²) in [4.78, 5) is 45.8. The van der Waals surface area contributed by atoms with Gasteiger partial charge in [0.15, 0.2) is 5.60 Å². The molecule has 0 bridgehead atoms. The largest absolute Gasteiger partial charge is 0.436 e. The number of fused-ring (bicyclic) bond motifs is 3. The second-order valence-electron chi connectivity index (χ2n) is 10.1. The van der Waals surface area contributed by atoms with Crippen molar-refractivity contribution in [1.82, 2.24) is 15.6 Å². The first-order chi connectivity index (χ1) is 17.4. The van der Waals surface area contributed by atoms with Crippen LogP contribution in [0.2, 0.25) is 5.02 Å². The van der Waals surface area contributed by atoms with Gasteiger partial charge in [-0.15, -0.1) is 0 Å². The highest BCUT2D eigenvalue weighted by Gasteiger charge is 2.49. The van der Waals surface area contributed by atoms with Gasteiger partial charge < -0.3 is 20.7 Å². The molecule has 188 valence electrons. The molecule has 3 aliphatic heterocycles. The van der Waals surface area contributed by atoms with Crippen LogP contribution < -0.4 is 20.9 Å². The Balaban J connectivity index is 1.30. The van der Waals surface area contributed by atoms with Crippen molar-refractivity contribution in [2.45, 2.75) is 50.2 Å². The fraction of sp³-hybridized carbons (Fsp3) is 0.462. The molecule has 0 radical (unpaired) electrons. The molecule has 1 aromatic heterocycles. The van der Waals surface area contributed by atoms with Gasteiger partial charge in [0.2, 0.25) is 0 Å². The highest BCUT2D eigenvalue weighted by Crippen LogP contribution is 2.44. The van der Waals surface area contributed by atoms with Crippen LogP contribution in [0.15, 0.2) is 30.5 Å². The number of hydrogen-bond donors (Lipinski definition) is 3. The molecule has 1 spiro atoms. The molecule has 1 saturated carbocycles. The van der Waals surface area contributed by atoms with Gasteiger partial charge in [-0.3, -0.25) is 9.59 Å². The SMILES string of the molecule is O=C(N[C@@H](CC1CC1)C(=O)N1C(=O)O[C@]2(CCCNC2)c2cc(Cl)ccc21)c1cnc2c(c1)CCN2. The number of imide groups is 1. The Morgan fingerprint density at radius 1 is 1.28 bits per heavy atom. The summed E-state index contributed by atoms with van der Waals surface area (Å²) in [6.07, 6.45) is 5.51. The zero-order valence-electron chi connectivity index (χ0n) is 19.8. The minimum atomic E-state index is -0.869. The molecule has 6 rings (SSSR count). The number of piperidine rings is 1. The van der Waals surface area contributed by atoms with Crippen LogP contribution in [0.5, 0.6) is 0 Å². The Hall–Kier alpha value is -3.17. The lowest BCUT2D eigenvalue weighted by Crippen LogP contribution is -2.58. The van der Waals surface area contributed by atoms with Crippen LogP contribution in [0.3, 0.4) is 0 Å². The van der Waals surface area contributed by atoms with E-state index in [0.717, 1.165) is 55.1 Å². The van der Waals surface area contributed by atoms with Crippen LogP contribution >= 0.6 is 11.6 Å². The monoisotopic (exact) mass is 509 g/mol. The van der Waals surface area contributed by atoms with Gasteiger partial charge in [0.1, 0.15) is 11.9 Å². The van der Waals surface area contributed by atoms with Crippen molar-refractivity contribution in [3.8, 4) is 0 Å². The Labute approximate surface area is 213 Å². The minimum Gasteiger partial charge on any atom is -0.436 e. The van der Waals surface area contributed by atoms with Crippen LogP contribution in [0.1, 0.15) is 53.6 Å². The lowest BCUT2D eigenvalue weighted by atomic mass is 9.84. The third-order valence-electron chi connectivity index (χ3n) is 7.51. The van der Waals surface area contributed by atoms with Crippen LogP contribution in [0.4, 0.5) is 16.3 Å². The molecule has 1 saturated heterocycles. The van der Waals surface area contributed by atoms with Crippen molar-refractivity contribution < 1.29 is 19.1 Å². The van der Waals surface area contributed by atoms with Crippen molar-refractivity contribution in [2.75, 3.05) is 29.9 Å². The van der Waals surface area contributed by atoms with Crippen molar-refractivity contribution in [3.63, 3.8) is 0 Å². The smallest absolute Gasteiger partial charge is 0.422 e. The van der Waals surface area contributed by atoms with Crippen LogP contribution in [0.25, 0.3) is 0 Å². The molecular formula is C26H28ClN5O4. The van der Waals surface area contributed by atoms with Crippen molar-refractivity contribution in [2.24, 2.45) is 5.92 Å². The Kier molecular flexibility index (Phi) is 5.84. The van der Waals surface area contributed by atoms with Gasteiger partial charge in [0.25, 0.3) is 11.8 Å². The summed E-state index contributed by atoms with van der Waals surface area (Å²) in [5, 5.41) is 9.87. The van der Waals surface area contributed by atoms with E-state index in [1.54, 1.807) is 18.2 Å². The predicted molar refractivity (Wildman–Crippen MR) is 134 cm³/mol. The molecule has 1 aromatic carbocycles. The Morgan fingerprint density at radius 2 is 2.14 bits per heavy atom. The molecule has 3 N–H and O–H groups in total. The second-order valence-corrected chi connectivity index (χ2v) is 10.5. The second kappa shape index (κ2) is 9.05. The van der Waals surface area contributed by atoms with Crippen LogP contribution in [-0.4, -0.2) is 48.6 Å². The molecule has 9 nitrogen and oxygen atoms in total. The van der Waals surface area contributed by atoms with Gasteiger partial charge in [-0.2, -0.15) is 0 Å². The maximum Gasteiger partial charge on any atom is 0.422 e. The number of carbonyl (C=O) groups is 3.